The highest BCUT2D eigenvalue weighted by molar-refractivity contribution is 5.23. The maximum absolute atomic E-state index is 13.5. The third-order valence-electron chi connectivity index (χ3n) is 8.55. The first-order valence-corrected chi connectivity index (χ1v) is 13.3. The van der Waals surface area contributed by atoms with E-state index in [-0.39, 0.29) is 0 Å². The van der Waals surface area contributed by atoms with Crippen LogP contribution >= 0.6 is 0 Å². The summed E-state index contributed by atoms with van der Waals surface area (Å²) in [5.74, 6) is -7.77. The molecule has 200 valence electrons. The number of hydrogen-bond acceptors (Lipinski definition) is 0. The summed E-state index contributed by atoms with van der Waals surface area (Å²) in [5, 5.41) is 0. The SMILES string of the molecule is CCCC1CCC(C2CCC(CCc3ccc(CCC(F)(F)C(F)(F)C(F)(F)F)cc3)CC2)CC1. The van der Waals surface area contributed by atoms with E-state index in [2.05, 4.69) is 6.92 Å². The lowest BCUT2D eigenvalue weighted by atomic mass is 9.68. The Morgan fingerprint density at radius 2 is 1.06 bits per heavy atom. The Labute approximate surface area is 205 Å². The molecule has 7 heteroatoms. The molecular formula is C28H39F7. The standard InChI is InChI=1S/C28H39F7/c1-2-3-20-10-14-24(15-11-20)25-16-12-22(13-17-25)5-4-21-6-8-23(9-7-21)18-19-26(29,30)27(31,32)28(33,34)35/h6-9,20,22,24-25H,2-5,10-19H2,1H3. The second-order valence-corrected chi connectivity index (χ2v) is 11.0. The Morgan fingerprint density at radius 3 is 1.49 bits per heavy atom. The van der Waals surface area contributed by atoms with E-state index in [0.717, 1.165) is 36.2 Å². The minimum Gasteiger partial charge on any atom is -0.199 e. The zero-order chi connectivity index (χ0) is 25.7. The van der Waals surface area contributed by atoms with E-state index in [1.54, 1.807) is 24.3 Å². The van der Waals surface area contributed by atoms with Crippen LogP contribution < -0.4 is 0 Å². The average molecular weight is 509 g/mol. The molecule has 0 heterocycles. The highest BCUT2D eigenvalue weighted by atomic mass is 19.4. The Balaban J connectivity index is 1.38. The molecule has 2 aliphatic rings. The van der Waals surface area contributed by atoms with Crippen molar-refractivity contribution >= 4 is 0 Å². The zero-order valence-corrected chi connectivity index (χ0v) is 20.7. The topological polar surface area (TPSA) is 0 Å². The summed E-state index contributed by atoms with van der Waals surface area (Å²) in [6, 6.07) is 6.66. The maximum Gasteiger partial charge on any atom is 0.459 e. The molecule has 3 rings (SSSR count). The van der Waals surface area contributed by atoms with Gasteiger partial charge in [-0.1, -0.05) is 69.7 Å². The van der Waals surface area contributed by atoms with Crippen LogP contribution in [0.2, 0.25) is 0 Å². The van der Waals surface area contributed by atoms with Crippen molar-refractivity contribution in [1.82, 2.24) is 0 Å². The Morgan fingerprint density at radius 1 is 0.629 bits per heavy atom. The second kappa shape index (κ2) is 11.9. The van der Waals surface area contributed by atoms with Crippen LogP contribution in [0.5, 0.6) is 0 Å². The van der Waals surface area contributed by atoms with Crippen molar-refractivity contribution in [3.05, 3.63) is 35.4 Å². The molecule has 1 aromatic rings. The van der Waals surface area contributed by atoms with Crippen LogP contribution in [0.4, 0.5) is 30.7 Å². The first kappa shape index (κ1) is 28.3. The number of aryl methyl sites for hydroxylation is 2. The first-order valence-electron chi connectivity index (χ1n) is 13.3. The van der Waals surface area contributed by atoms with Crippen LogP contribution in [0.1, 0.15) is 95.1 Å². The minimum atomic E-state index is -6.27. The van der Waals surface area contributed by atoms with Crippen LogP contribution in [0.15, 0.2) is 24.3 Å². The van der Waals surface area contributed by atoms with E-state index >= 15 is 0 Å². The predicted octanol–water partition coefficient (Wildman–Crippen LogP) is 9.80. The molecular weight excluding hydrogens is 469 g/mol. The third kappa shape index (κ3) is 7.38. The molecule has 0 aliphatic heterocycles. The van der Waals surface area contributed by atoms with Crippen molar-refractivity contribution in [2.24, 2.45) is 23.7 Å². The molecule has 2 aliphatic carbocycles. The van der Waals surface area contributed by atoms with E-state index in [1.807, 2.05) is 0 Å². The predicted molar refractivity (Wildman–Crippen MR) is 125 cm³/mol. The van der Waals surface area contributed by atoms with Crippen LogP contribution in [-0.2, 0) is 12.8 Å². The quantitative estimate of drug-likeness (QED) is 0.276. The second-order valence-electron chi connectivity index (χ2n) is 11.0. The lowest BCUT2D eigenvalue weighted by Gasteiger charge is -2.38. The summed E-state index contributed by atoms with van der Waals surface area (Å²) in [5.41, 5.74) is 1.37. The number of rotatable bonds is 10. The number of alkyl halides is 7. The van der Waals surface area contributed by atoms with Gasteiger partial charge < -0.3 is 0 Å². The normalized spacial score (nSPS) is 26.6. The molecule has 2 fully saturated rings. The van der Waals surface area contributed by atoms with Crippen LogP contribution in [-0.4, -0.2) is 18.0 Å². The van der Waals surface area contributed by atoms with Gasteiger partial charge in [0.25, 0.3) is 0 Å². The smallest absolute Gasteiger partial charge is 0.199 e. The molecule has 0 atom stereocenters. The average Bonchev–Trinajstić information content (AvgIpc) is 2.82. The molecule has 0 radical (unpaired) electrons. The van der Waals surface area contributed by atoms with E-state index in [1.165, 1.54) is 64.2 Å². The molecule has 35 heavy (non-hydrogen) atoms. The van der Waals surface area contributed by atoms with Crippen molar-refractivity contribution in [3.8, 4) is 0 Å². The van der Waals surface area contributed by atoms with Gasteiger partial charge in [-0.2, -0.15) is 30.7 Å². The third-order valence-corrected chi connectivity index (χ3v) is 8.55. The maximum atomic E-state index is 13.5. The summed E-state index contributed by atoms with van der Waals surface area (Å²) < 4.78 is 89.9. The summed E-state index contributed by atoms with van der Waals surface area (Å²) in [6.07, 6.45) is 6.94. The van der Waals surface area contributed by atoms with E-state index in [0.29, 0.717) is 11.5 Å². The molecule has 0 N–H and O–H groups in total. The monoisotopic (exact) mass is 508 g/mol. The van der Waals surface area contributed by atoms with Gasteiger partial charge in [0.05, 0.1) is 0 Å². The van der Waals surface area contributed by atoms with Gasteiger partial charge in [-0.3, -0.25) is 0 Å². The lowest BCUT2D eigenvalue weighted by Crippen LogP contribution is -2.52. The van der Waals surface area contributed by atoms with Gasteiger partial charge in [-0.05, 0) is 79.7 Å². The van der Waals surface area contributed by atoms with Crippen molar-refractivity contribution in [2.75, 3.05) is 0 Å². The van der Waals surface area contributed by atoms with Gasteiger partial charge in [-0.25, -0.2) is 0 Å². The molecule has 1 aromatic carbocycles. The van der Waals surface area contributed by atoms with E-state index in [9.17, 15) is 30.7 Å². The molecule has 0 amide bonds. The van der Waals surface area contributed by atoms with Gasteiger partial charge in [0, 0.05) is 6.42 Å². The van der Waals surface area contributed by atoms with Gasteiger partial charge in [0.2, 0.25) is 0 Å². The number of benzene rings is 1. The van der Waals surface area contributed by atoms with Crippen LogP contribution in [0, 0.1) is 23.7 Å². The lowest BCUT2D eigenvalue weighted by molar-refractivity contribution is -0.355. The molecule has 0 nitrogen and oxygen atoms in total. The molecule has 0 spiro atoms. The Kier molecular flexibility index (Phi) is 9.58. The summed E-state index contributed by atoms with van der Waals surface area (Å²) >= 11 is 0. The van der Waals surface area contributed by atoms with Crippen LogP contribution in [0.25, 0.3) is 0 Å². The van der Waals surface area contributed by atoms with Crippen molar-refractivity contribution < 1.29 is 30.7 Å². The van der Waals surface area contributed by atoms with Crippen molar-refractivity contribution in [1.29, 1.82) is 0 Å². The Hall–Kier alpha value is -1.27. The molecule has 2 saturated carbocycles. The van der Waals surface area contributed by atoms with Gasteiger partial charge in [0.1, 0.15) is 0 Å². The van der Waals surface area contributed by atoms with Crippen molar-refractivity contribution in [2.45, 2.75) is 115 Å². The van der Waals surface area contributed by atoms with E-state index in [4.69, 9.17) is 0 Å². The van der Waals surface area contributed by atoms with Gasteiger partial charge in [-0.15, -0.1) is 0 Å². The Bertz CT molecular complexity index is 753. The first-order chi connectivity index (χ1) is 16.4. The molecule has 0 aromatic heterocycles. The molecule has 0 saturated heterocycles. The minimum absolute atomic E-state index is 0.334. The fraction of sp³-hybridized carbons (Fsp3) is 0.786. The number of halogens is 7. The zero-order valence-electron chi connectivity index (χ0n) is 20.7. The highest BCUT2D eigenvalue weighted by Gasteiger charge is 2.72. The summed E-state index contributed by atoms with van der Waals surface area (Å²) in [6.45, 7) is 2.27. The largest absolute Gasteiger partial charge is 0.459 e. The van der Waals surface area contributed by atoms with Crippen molar-refractivity contribution in [3.63, 3.8) is 0 Å². The van der Waals surface area contributed by atoms with Gasteiger partial charge in [0.15, 0.2) is 0 Å². The summed E-state index contributed by atoms with van der Waals surface area (Å²) in [4.78, 5) is 0. The fourth-order valence-corrected chi connectivity index (χ4v) is 6.21. The van der Waals surface area contributed by atoms with E-state index < -0.39 is 30.9 Å². The summed E-state index contributed by atoms with van der Waals surface area (Å²) in [7, 11) is 0. The molecule has 0 unspecified atom stereocenters. The highest BCUT2D eigenvalue weighted by Crippen LogP contribution is 2.48. The van der Waals surface area contributed by atoms with Gasteiger partial charge >= 0.3 is 18.0 Å². The molecule has 0 bridgehead atoms. The fourth-order valence-electron chi connectivity index (χ4n) is 6.21. The van der Waals surface area contributed by atoms with Crippen LogP contribution in [0.3, 0.4) is 0 Å². The number of hydrogen-bond donors (Lipinski definition) is 0.